The first-order valence-corrected chi connectivity index (χ1v) is 17.6. The van der Waals surface area contributed by atoms with Crippen LogP contribution in [0.1, 0.15) is 117 Å². The van der Waals surface area contributed by atoms with Crippen LogP contribution in [0.4, 0.5) is 0 Å². The van der Waals surface area contributed by atoms with Crippen LogP contribution in [0.2, 0.25) is 0 Å². The van der Waals surface area contributed by atoms with Crippen molar-refractivity contribution in [3.8, 4) is 0 Å². The molecule has 1 atom stereocenters. The molecule has 0 heterocycles. The summed E-state index contributed by atoms with van der Waals surface area (Å²) in [4.78, 5) is 58.4. The summed E-state index contributed by atoms with van der Waals surface area (Å²) in [6, 6.07) is -1.11. The van der Waals surface area contributed by atoms with Gasteiger partial charge in [0.2, 0.25) is 17.7 Å². The van der Waals surface area contributed by atoms with Crippen molar-refractivity contribution in [2.75, 3.05) is 65.9 Å². The molecule has 0 fully saturated rings. The first-order chi connectivity index (χ1) is 22.8. The summed E-state index contributed by atoms with van der Waals surface area (Å²) in [5.41, 5.74) is 0. The van der Waals surface area contributed by atoms with E-state index in [0.29, 0.717) is 26.4 Å². The van der Waals surface area contributed by atoms with E-state index in [4.69, 9.17) is 18.9 Å². The van der Waals surface area contributed by atoms with Crippen molar-refractivity contribution in [2.45, 2.75) is 123 Å². The van der Waals surface area contributed by atoms with Gasteiger partial charge >= 0.3 is 5.97 Å². The number of carbonyl (C=O) groups is 5. The molecule has 0 saturated carbocycles. The lowest BCUT2D eigenvalue weighted by Crippen LogP contribution is -2.41. The number of carboxylic acids is 1. The van der Waals surface area contributed by atoms with Gasteiger partial charge in [0.15, 0.2) is 5.78 Å². The van der Waals surface area contributed by atoms with Crippen molar-refractivity contribution in [3.63, 3.8) is 0 Å². The Morgan fingerprint density at radius 3 is 1.53 bits per heavy atom. The van der Waals surface area contributed by atoms with Gasteiger partial charge in [0, 0.05) is 25.9 Å². The normalized spacial score (nSPS) is 11.6. The van der Waals surface area contributed by atoms with Crippen molar-refractivity contribution in [1.82, 2.24) is 16.0 Å². The zero-order chi connectivity index (χ0) is 34.8. The summed E-state index contributed by atoms with van der Waals surface area (Å²) in [7, 11) is 0. The Hall–Kier alpha value is -2.61. The number of hydrogen-bond acceptors (Lipinski definition) is 9. The van der Waals surface area contributed by atoms with Gasteiger partial charge in [0.1, 0.15) is 19.3 Å². The van der Waals surface area contributed by atoms with E-state index in [9.17, 15) is 29.1 Å². The zero-order valence-corrected chi connectivity index (χ0v) is 29.1. The Balaban J connectivity index is 3.68. The molecule has 274 valence electrons. The van der Waals surface area contributed by atoms with Crippen LogP contribution in [-0.4, -0.2) is 107 Å². The number of ether oxygens (including phenoxy) is 4. The SMILES string of the molecule is CCCCCCCCCCCCCCCC(=O)N[C@@H](CCC(=O)NCCOCCOCC(=O)NCCOCCOCC(C)=O)C(=O)O. The summed E-state index contributed by atoms with van der Waals surface area (Å²) in [5, 5.41) is 17.3. The van der Waals surface area contributed by atoms with Crippen LogP contribution in [0.3, 0.4) is 0 Å². The van der Waals surface area contributed by atoms with Crippen LogP contribution in [0.15, 0.2) is 0 Å². The summed E-state index contributed by atoms with van der Waals surface area (Å²) in [6.07, 6.45) is 16.0. The van der Waals surface area contributed by atoms with Crippen LogP contribution < -0.4 is 16.0 Å². The lowest BCUT2D eigenvalue weighted by molar-refractivity contribution is -0.142. The largest absolute Gasteiger partial charge is 0.480 e. The summed E-state index contributed by atoms with van der Waals surface area (Å²) in [5.74, 6) is -2.12. The van der Waals surface area contributed by atoms with Crippen LogP contribution >= 0.6 is 0 Å². The molecule has 0 unspecified atom stereocenters. The minimum Gasteiger partial charge on any atom is -0.480 e. The van der Waals surface area contributed by atoms with Crippen LogP contribution in [0, 0.1) is 0 Å². The second-order valence-corrected chi connectivity index (χ2v) is 11.7. The first kappa shape index (κ1) is 44.4. The first-order valence-electron chi connectivity index (χ1n) is 17.6. The second-order valence-electron chi connectivity index (χ2n) is 11.7. The van der Waals surface area contributed by atoms with Crippen molar-refractivity contribution in [3.05, 3.63) is 0 Å². The predicted molar refractivity (Wildman–Crippen MR) is 179 cm³/mol. The number of nitrogens with one attached hydrogen (secondary N) is 3. The highest BCUT2D eigenvalue weighted by molar-refractivity contribution is 5.84. The average Bonchev–Trinajstić information content (AvgIpc) is 3.03. The molecule has 0 saturated heterocycles. The Morgan fingerprint density at radius 1 is 0.553 bits per heavy atom. The van der Waals surface area contributed by atoms with E-state index >= 15 is 0 Å². The van der Waals surface area contributed by atoms with Crippen LogP contribution in [-0.2, 0) is 42.9 Å². The highest BCUT2D eigenvalue weighted by atomic mass is 16.5. The molecule has 0 aliphatic rings. The highest BCUT2D eigenvalue weighted by Crippen LogP contribution is 2.13. The molecular weight excluding hydrogens is 610 g/mol. The third kappa shape index (κ3) is 33.1. The molecule has 13 nitrogen and oxygen atoms in total. The molecule has 0 aliphatic heterocycles. The van der Waals surface area contributed by atoms with Gasteiger partial charge in [0.05, 0.1) is 39.6 Å². The third-order valence-electron chi connectivity index (χ3n) is 7.22. The monoisotopic (exact) mass is 673 g/mol. The molecule has 3 amide bonds. The van der Waals surface area contributed by atoms with E-state index in [2.05, 4.69) is 22.9 Å². The quantitative estimate of drug-likeness (QED) is 0.0725. The van der Waals surface area contributed by atoms with Crippen LogP contribution in [0.5, 0.6) is 0 Å². The minimum absolute atomic E-state index is 0.00390. The standard InChI is InChI=1S/C34H63N3O10/c1-3-4-5-6-7-8-9-10-11-12-13-14-15-16-32(40)37-30(34(42)43)17-18-31(39)35-19-21-44-24-26-47-28-33(41)36-20-22-45-23-25-46-27-29(2)38/h30H,3-28H2,1-2H3,(H,35,39)(H,36,41)(H,37,40)(H,42,43)/t30-/m0/s1. The number of Topliss-reactive ketones (excluding diaryl/α,β-unsaturated/α-hetero) is 1. The van der Waals surface area contributed by atoms with Gasteiger partial charge in [-0.15, -0.1) is 0 Å². The van der Waals surface area contributed by atoms with Crippen molar-refractivity contribution in [2.24, 2.45) is 0 Å². The Morgan fingerprint density at radius 2 is 1.02 bits per heavy atom. The van der Waals surface area contributed by atoms with Gasteiger partial charge in [0.25, 0.3) is 0 Å². The molecule has 0 rings (SSSR count). The van der Waals surface area contributed by atoms with E-state index in [1.54, 1.807) is 0 Å². The lowest BCUT2D eigenvalue weighted by Gasteiger charge is -2.14. The molecule has 0 aromatic heterocycles. The second kappa shape index (κ2) is 33.3. The number of carboxylic acid groups (broad SMARTS) is 1. The van der Waals surface area contributed by atoms with Crippen LogP contribution in [0.25, 0.3) is 0 Å². The number of aliphatic carboxylic acids is 1. The fraction of sp³-hybridized carbons (Fsp3) is 0.853. The molecule has 0 aromatic carbocycles. The molecule has 0 bridgehead atoms. The summed E-state index contributed by atoms with van der Waals surface area (Å²) >= 11 is 0. The van der Waals surface area contributed by atoms with Gasteiger partial charge < -0.3 is 40.0 Å². The van der Waals surface area contributed by atoms with Crippen molar-refractivity contribution >= 4 is 29.5 Å². The Kier molecular flexibility index (Phi) is 31.4. The van der Waals surface area contributed by atoms with Gasteiger partial charge in [-0.1, -0.05) is 84.0 Å². The summed E-state index contributed by atoms with van der Waals surface area (Å²) < 4.78 is 20.9. The lowest BCUT2D eigenvalue weighted by atomic mass is 10.0. The predicted octanol–water partition coefficient (Wildman–Crippen LogP) is 3.71. The fourth-order valence-corrected chi connectivity index (χ4v) is 4.59. The number of unbranched alkanes of at least 4 members (excludes halogenated alkanes) is 12. The fourth-order valence-electron chi connectivity index (χ4n) is 4.59. The molecule has 0 aromatic rings. The average molecular weight is 674 g/mol. The number of amides is 3. The molecule has 4 N–H and O–H groups in total. The molecular formula is C34H63N3O10. The van der Waals surface area contributed by atoms with Gasteiger partial charge in [-0.2, -0.15) is 0 Å². The maximum absolute atomic E-state index is 12.2. The summed E-state index contributed by atoms with van der Waals surface area (Å²) in [6.45, 7) is 5.80. The molecule has 0 spiro atoms. The molecule has 0 aliphatic carbocycles. The smallest absolute Gasteiger partial charge is 0.326 e. The topological polar surface area (TPSA) is 179 Å². The number of hydrogen-bond donors (Lipinski definition) is 4. The van der Waals surface area contributed by atoms with E-state index in [0.717, 1.165) is 19.3 Å². The number of ketones is 1. The maximum Gasteiger partial charge on any atom is 0.326 e. The third-order valence-corrected chi connectivity index (χ3v) is 7.22. The van der Waals surface area contributed by atoms with E-state index in [1.807, 2.05) is 0 Å². The molecule has 0 radical (unpaired) electrons. The minimum atomic E-state index is -1.16. The highest BCUT2D eigenvalue weighted by Gasteiger charge is 2.20. The van der Waals surface area contributed by atoms with E-state index < -0.39 is 12.0 Å². The Bertz CT molecular complexity index is 828. The van der Waals surface area contributed by atoms with Gasteiger partial charge in [-0.3, -0.25) is 19.2 Å². The molecule has 47 heavy (non-hydrogen) atoms. The maximum atomic E-state index is 12.2. The number of carbonyl (C=O) groups excluding carboxylic acids is 4. The van der Waals surface area contributed by atoms with E-state index in [-0.39, 0.29) is 82.3 Å². The van der Waals surface area contributed by atoms with Gasteiger partial charge in [-0.25, -0.2) is 4.79 Å². The van der Waals surface area contributed by atoms with Gasteiger partial charge in [-0.05, 0) is 19.8 Å². The molecule has 13 heteroatoms. The van der Waals surface area contributed by atoms with Crippen molar-refractivity contribution < 1.29 is 48.0 Å². The Labute approximate surface area is 281 Å². The van der Waals surface area contributed by atoms with E-state index in [1.165, 1.54) is 71.1 Å². The van der Waals surface area contributed by atoms with Crippen molar-refractivity contribution in [1.29, 1.82) is 0 Å². The number of rotatable bonds is 35. The zero-order valence-electron chi connectivity index (χ0n) is 29.1.